The molecule has 4 aromatic rings. The Bertz CT molecular complexity index is 1220. The predicted molar refractivity (Wildman–Crippen MR) is 114 cm³/mol. The molecule has 0 spiro atoms. The van der Waals surface area contributed by atoms with E-state index in [1.165, 1.54) is 12.1 Å². The highest BCUT2D eigenvalue weighted by atomic mass is 32.1. The van der Waals surface area contributed by atoms with Crippen molar-refractivity contribution in [2.75, 3.05) is 16.4 Å². The van der Waals surface area contributed by atoms with Crippen LogP contribution in [0.4, 0.5) is 35.2 Å². The lowest BCUT2D eigenvalue weighted by molar-refractivity contribution is -0.137. The SMILES string of the molecule is Nc1nccc2scc(-c3ccc(NC(=O)Nc4cccc(C(F)(F)F)c4)cc3)c12. The summed E-state index contributed by atoms with van der Waals surface area (Å²) < 4.78 is 39.4. The largest absolute Gasteiger partial charge is 0.416 e. The molecular formula is C21H15F3N4OS. The van der Waals surface area contributed by atoms with Gasteiger partial charge in [0.2, 0.25) is 0 Å². The zero-order chi connectivity index (χ0) is 21.3. The standard InChI is InChI=1S/C21H15F3N4OS/c22-21(23,24)13-2-1-3-15(10-13)28-20(29)27-14-6-4-12(5-7-14)16-11-30-17-8-9-26-19(25)18(16)17/h1-11H,(H2,25,26)(H2,27,28,29). The van der Waals surface area contributed by atoms with Crippen molar-refractivity contribution in [1.29, 1.82) is 0 Å². The normalized spacial score (nSPS) is 11.4. The van der Waals surface area contributed by atoms with Crippen LogP contribution in [0.3, 0.4) is 0 Å². The molecule has 9 heteroatoms. The molecule has 0 saturated heterocycles. The van der Waals surface area contributed by atoms with Crippen molar-refractivity contribution >= 4 is 44.6 Å². The number of nitrogen functional groups attached to an aromatic ring is 1. The molecule has 4 rings (SSSR count). The van der Waals surface area contributed by atoms with Crippen LogP contribution < -0.4 is 16.4 Å². The van der Waals surface area contributed by atoms with Gasteiger partial charge in [-0.3, -0.25) is 0 Å². The first-order chi connectivity index (χ1) is 14.3. The number of urea groups is 1. The van der Waals surface area contributed by atoms with E-state index in [-0.39, 0.29) is 5.69 Å². The Balaban J connectivity index is 1.48. The van der Waals surface area contributed by atoms with Crippen molar-refractivity contribution in [1.82, 2.24) is 4.98 Å². The smallest absolute Gasteiger partial charge is 0.383 e. The molecule has 0 saturated carbocycles. The third-order valence-electron chi connectivity index (χ3n) is 4.42. The number of fused-ring (bicyclic) bond motifs is 1. The van der Waals surface area contributed by atoms with Crippen LogP contribution in [-0.2, 0) is 6.18 Å². The van der Waals surface area contributed by atoms with E-state index in [4.69, 9.17) is 5.73 Å². The minimum atomic E-state index is -4.48. The van der Waals surface area contributed by atoms with E-state index in [1.807, 2.05) is 23.6 Å². The van der Waals surface area contributed by atoms with Crippen molar-refractivity contribution in [2.45, 2.75) is 6.18 Å². The zero-order valence-electron chi connectivity index (χ0n) is 15.3. The second kappa shape index (κ2) is 7.68. The first kappa shape index (κ1) is 19.7. The fraction of sp³-hybridized carbons (Fsp3) is 0.0476. The summed E-state index contributed by atoms with van der Waals surface area (Å²) in [5.74, 6) is 0.450. The molecule has 0 aliphatic heterocycles. The maximum Gasteiger partial charge on any atom is 0.416 e. The van der Waals surface area contributed by atoms with E-state index in [0.29, 0.717) is 11.5 Å². The van der Waals surface area contributed by atoms with Crippen molar-refractivity contribution in [3.05, 3.63) is 71.7 Å². The summed E-state index contributed by atoms with van der Waals surface area (Å²) in [6.45, 7) is 0. The molecule has 152 valence electrons. The first-order valence-corrected chi connectivity index (χ1v) is 9.66. The lowest BCUT2D eigenvalue weighted by atomic mass is 10.1. The molecule has 2 aromatic heterocycles. The van der Waals surface area contributed by atoms with Gasteiger partial charge in [0.1, 0.15) is 5.82 Å². The van der Waals surface area contributed by atoms with Crippen LogP contribution >= 0.6 is 11.3 Å². The molecule has 2 heterocycles. The molecule has 0 atom stereocenters. The number of nitrogens with two attached hydrogens (primary N) is 1. The number of anilines is 3. The van der Waals surface area contributed by atoms with Gasteiger partial charge in [-0.1, -0.05) is 18.2 Å². The van der Waals surface area contributed by atoms with Crippen molar-refractivity contribution in [3.8, 4) is 11.1 Å². The van der Waals surface area contributed by atoms with Gasteiger partial charge < -0.3 is 16.4 Å². The number of nitrogens with one attached hydrogen (secondary N) is 2. The highest BCUT2D eigenvalue weighted by molar-refractivity contribution is 7.17. The Hall–Kier alpha value is -3.59. The quantitative estimate of drug-likeness (QED) is 0.363. The topological polar surface area (TPSA) is 80.0 Å². The Morgan fingerprint density at radius 3 is 2.47 bits per heavy atom. The van der Waals surface area contributed by atoms with Gasteiger partial charge in [-0.05, 0) is 47.3 Å². The maximum atomic E-state index is 12.8. The van der Waals surface area contributed by atoms with Crippen LogP contribution in [0.15, 0.2) is 66.2 Å². The van der Waals surface area contributed by atoms with Crippen LogP contribution in [0.2, 0.25) is 0 Å². The Kier molecular flexibility index (Phi) is 5.04. The number of aromatic nitrogens is 1. The molecule has 0 aliphatic rings. The fourth-order valence-electron chi connectivity index (χ4n) is 3.02. The average Bonchev–Trinajstić information content (AvgIpc) is 3.14. The number of carbonyl (C=O) groups is 1. The second-order valence-electron chi connectivity index (χ2n) is 6.45. The van der Waals surface area contributed by atoms with E-state index in [2.05, 4.69) is 15.6 Å². The zero-order valence-corrected chi connectivity index (χ0v) is 16.1. The molecule has 5 nitrogen and oxygen atoms in total. The van der Waals surface area contributed by atoms with Gasteiger partial charge in [0.15, 0.2) is 0 Å². The molecule has 30 heavy (non-hydrogen) atoms. The average molecular weight is 428 g/mol. The summed E-state index contributed by atoms with van der Waals surface area (Å²) in [5.41, 5.74) is 7.57. The minimum Gasteiger partial charge on any atom is -0.383 e. The van der Waals surface area contributed by atoms with Gasteiger partial charge in [0.05, 0.1) is 5.56 Å². The second-order valence-corrected chi connectivity index (χ2v) is 7.36. The van der Waals surface area contributed by atoms with Crippen LogP contribution in [-0.4, -0.2) is 11.0 Å². The molecule has 2 amide bonds. The van der Waals surface area contributed by atoms with E-state index < -0.39 is 17.8 Å². The molecule has 0 fully saturated rings. The Morgan fingerprint density at radius 1 is 1.00 bits per heavy atom. The number of thiophene rings is 1. The number of amides is 2. The lowest BCUT2D eigenvalue weighted by Gasteiger charge is -2.11. The third kappa shape index (κ3) is 4.06. The molecule has 0 bridgehead atoms. The number of hydrogen-bond acceptors (Lipinski definition) is 4. The van der Waals surface area contributed by atoms with Crippen LogP contribution in [0, 0.1) is 0 Å². The fourth-order valence-corrected chi connectivity index (χ4v) is 3.99. The van der Waals surface area contributed by atoms with Gasteiger partial charge in [-0.25, -0.2) is 9.78 Å². The first-order valence-electron chi connectivity index (χ1n) is 8.78. The molecule has 2 aromatic carbocycles. The van der Waals surface area contributed by atoms with Gasteiger partial charge in [-0.2, -0.15) is 13.2 Å². The van der Waals surface area contributed by atoms with Crippen molar-refractivity contribution in [2.24, 2.45) is 0 Å². The lowest BCUT2D eigenvalue weighted by Crippen LogP contribution is -2.19. The summed E-state index contributed by atoms with van der Waals surface area (Å²) in [6, 6.07) is 12.8. The van der Waals surface area contributed by atoms with E-state index in [1.54, 1.807) is 29.7 Å². The number of nitrogens with zero attached hydrogens (tertiary/aromatic N) is 1. The highest BCUT2D eigenvalue weighted by Crippen LogP contribution is 2.36. The van der Waals surface area contributed by atoms with Crippen molar-refractivity contribution < 1.29 is 18.0 Å². The van der Waals surface area contributed by atoms with E-state index in [9.17, 15) is 18.0 Å². The number of alkyl halides is 3. The maximum absolute atomic E-state index is 12.8. The summed E-state index contributed by atoms with van der Waals surface area (Å²) in [5, 5.41) is 7.88. The molecule has 0 radical (unpaired) electrons. The minimum absolute atomic E-state index is 0.0478. The molecule has 4 N–H and O–H groups in total. The van der Waals surface area contributed by atoms with Gasteiger partial charge >= 0.3 is 12.2 Å². The van der Waals surface area contributed by atoms with E-state index in [0.717, 1.165) is 33.3 Å². The van der Waals surface area contributed by atoms with Crippen molar-refractivity contribution in [3.63, 3.8) is 0 Å². The van der Waals surface area contributed by atoms with Crippen LogP contribution in [0.25, 0.3) is 21.2 Å². The number of carbonyl (C=O) groups excluding carboxylic acids is 1. The van der Waals surface area contributed by atoms with Crippen LogP contribution in [0.1, 0.15) is 5.56 Å². The summed E-state index contributed by atoms with van der Waals surface area (Å²) in [4.78, 5) is 16.3. The number of rotatable bonds is 3. The van der Waals surface area contributed by atoms with E-state index >= 15 is 0 Å². The third-order valence-corrected chi connectivity index (χ3v) is 5.36. The number of pyridine rings is 1. The summed E-state index contributed by atoms with van der Waals surface area (Å²) in [6.07, 6.45) is -2.82. The Labute approximate surface area is 173 Å². The van der Waals surface area contributed by atoms with Crippen LogP contribution in [0.5, 0.6) is 0 Å². The van der Waals surface area contributed by atoms with Gasteiger partial charge in [0.25, 0.3) is 0 Å². The molecular weight excluding hydrogens is 413 g/mol. The molecule has 0 unspecified atom stereocenters. The van der Waals surface area contributed by atoms with Gasteiger partial charge in [0, 0.05) is 33.2 Å². The number of hydrogen-bond donors (Lipinski definition) is 3. The number of halogens is 3. The number of benzene rings is 2. The highest BCUT2D eigenvalue weighted by Gasteiger charge is 2.30. The van der Waals surface area contributed by atoms with Gasteiger partial charge in [-0.15, -0.1) is 11.3 Å². The summed E-state index contributed by atoms with van der Waals surface area (Å²) in [7, 11) is 0. The Morgan fingerprint density at radius 2 is 1.73 bits per heavy atom. The monoisotopic (exact) mass is 428 g/mol. The predicted octanol–water partition coefficient (Wildman–Crippen LogP) is 6.21. The summed E-state index contributed by atoms with van der Waals surface area (Å²) >= 11 is 1.56. The molecule has 0 aliphatic carbocycles.